The molecule has 16 heteroatoms. The van der Waals surface area contributed by atoms with Gasteiger partial charge in [0.15, 0.2) is 13.2 Å². The molecule has 0 N–H and O–H groups in total. The Hall–Kier alpha value is -3.89. The molecule has 0 saturated carbocycles. The quantitative estimate of drug-likeness (QED) is 0.0437. The van der Waals surface area contributed by atoms with E-state index in [4.69, 9.17) is 13.9 Å². The predicted octanol–water partition coefficient (Wildman–Crippen LogP) is 8.68. The summed E-state index contributed by atoms with van der Waals surface area (Å²) in [5.41, 5.74) is 1.44. The summed E-state index contributed by atoms with van der Waals surface area (Å²) in [6.45, 7) is 2.09. The molecule has 0 fully saturated rings. The van der Waals surface area contributed by atoms with Crippen molar-refractivity contribution in [3.8, 4) is 22.8 Å². The van der Waals surface area contributed by atoms with Gasteiger partial charge in [0, 0.05) is 17.0 Å². The smallest absolute Gasteiger partial charge is 0.496 e. The Kier molecular flexibility index (Phi) is 11.7. The highest BCUT2D eigenvalue weighted by Crippen LogP contribution is 2.38. The van der Waals surface area contributed by atoms with Crippen LogP contribution in [-0.4, -0.2) is 51.1 Å². The van der Waals surface area contributed by atoms with E-state index in [0.29, 0.717) is 22.5 Å². The van der Waals surface area contributed by atoms with E-state index >= 15 is 0 Å². The number of furan rings is 1. The summed E-state index contributed by atoms with van der Waals surface area (Å²) in [6.07, 6.45) is -17.8. The topological polar surface area (TPSA) is 85.6 Å². The highest BCUT2D eigenvalue weighted by Gasteiger charge is 2.57. The number of fused-ring (bicyclic) bond motifs is 1. The van der Waals surface area contributed by atoms with Crippen molar-refractivity contribution < 1.29 is 72.8 Å². The second kappa shape index (κ2) is 14.7. The van der Waals surface area contributed by atoms with Gasteiger partial charge in [0.05, 0.1) is 12.7 Å². The van der Waals surface area contributed by atoms with E-state index < -0.39 is 49.6 Å². The molecule has 0 aliphatic rings. The van der Waals surface area contributed by atoms with Gasteiger partial charge < -0.3 is 18.6 Å². The molecule has 0 bridgehead atoms. The average Bonchev–Trinajstić information content (AvgIpc) is 3.36. The number of hydrogen-bond acceptors (Lipinski definition) is 8. The van der Waals surface area contributed by atoms with Gasteiger partial charge in [-0.05, 0) is 55.7 Å². The molecule has 0 amide bonds. The summed E-state index contributed by atoms with van der Waals surface area (Å²) < 4.78 is 138. The van der Waals surface area contributed by atoms with Crippen molar-refractivity contribution in [2.45, 2.75) is 64.3 Å². The number of unbranched alkanes of at least 4 members (excludes halogenated alkanes) is 2. The third kappa shape index (κ3) is 10.9. The average molecular weight is 671 g/mol. The van der Waals surface area contributed by atoms with E-state index in [-0.39, 0.29) is 11.3 Å². The van der Waals surface area contributed by atoms with Crippen molar-refractivity contribution in [3.05, 3.63) is 60.2 Å². The summed E-state index contributed by atoms with van der Waals surface area (Å²) in [5.74, 6) is -0.833. The molecule has 1 aromatic heterocycles. The number of carbonyl (C=O) groups excluding carboxylic acids is 1. The summed E-state index contributed by atoms with van der Waals surface area (Å²) >= 11 is 0. The van der Waals surface area contributed by atoms with Gasteiger partial charge in [0.25, 0.3) is 0 Å². The Morgan fingerprint density at radius 2 is 1.50 bits per heavy atom. The third-order valence-corrected chi connectivity index (χ3v) is 5.99. The second-order valence-corrected chi connectivity index (χ2v) is 9.95. The third-order valence-electron chi connectivity index (χ3n) is 5.99. The molecule has 3 aromatic rings. The Morgan fingerprint density at radius 3 is 2.11 bits per heavy atom. The summed E-state index contributed by atoms with van der Waals surface area (Å²) in [4.78, 5) is 11.1. The van der Waals surface area contributed by atoms with Crippen molar-refractivity contribution in [1.29, 1.82) is 0 Å². The van der Waals surface area contributed by atoms with Gasteiger partial charge in [-0.15, -0.1) is 17.6 Å². The van der Waals surface area contributed by atoms with Crippen molar-refractivity contribution >= 4 is 16.9 Å². The standard InChI is InChI=1S/C30H30F8O8/c1-5-6-7-8-19-9-12-22(24(13-19)40-4)25-14-20-10-11-21(15-23(20)43-25)41-16-27(31,32)44-29(35,36)46-30(37,38)45-28(33,34)17-42-26(39)18(2)3/h9-15H,2,5-8,16-17H2,1,3-4H3. The van der Waals surface area contributed by atoms with Gasteiger partial charge in [0.1, 0.15) is 22.8 Å². The van der Waals surface area contributed by atoms with Crippen LogP contribution in [0.1, 0.15) is 38.7 Å². The van der Waals surface area contributed by atoms with Crippen molar-refractivity contribution in [2.24, 2.45) is 0 Å². The highest BCUT2D eigenvalue weighted by molar-refractivity contribution is 5.87. The van der Waals surface area contributed by atoms with Gasteiger partial charge in [-0.2, -0.15) is 17.6 Å². The fraction of sp³-hybridized carbons (Fsp3) is 0.433. The van der Waals surface area contributed by atoms with E-state index in [1.165, 1.54) is 25.3 Å². The molecule has 0 saturated heterocycles. The molecular formula is C30H30F8O8. The van der Waals surface area contributed by atoms with Crippen LogP contribution in [0.2, 0.25) is 0 Å². The number of rotatable bonds is 18. The lowest BCUT2D eigenvalue weighted by Crippen LogP contribution is -2.46. The maximum Gasteiger partial charge on any atom is 0.496 e. The number of benzene rings is 2. The van der Waals surface area contributed by atoms with Crippen molar-refractivity contribution in [3.63, 3.8) is 0 Å². The minimum atomic E-state index is -5.89. The number of methoxy groups -OCH3 is 1. The summed E-state index contributed by atoms with van der Waals surface area (Å²) in [7, 11) is 1.49. The lowest BCUT2D eigenvalue weighted by Gasteiger charge is -2.27. The van der Waals surface area contributed by atoms with Crippen LogP contribution in [0.5, 0.6) is 11.5 Å². The van der Waals surface area contributed by atoms with Gasteiger partial charge in [0.2, 0.25) is 0 Å². The number of carbonyl (C=O) groups is 1. The Labute approximate surface area is 257 Å². The van der Waals surface area contributed by atoms with Crippen molar-refractivity contribution in [1.82, 2.24) is 0 Å². The van der Waals surface area contributed by atoms with Crippen LogP contribution >= 0.6 is 0 Å². The zero-order valence-electron chi connectivity index (χ0n) is 24.8. The number of hydrogen-bond donors (Lipinski definition) is 0. The minimum Gasteiger partial charge on any atom is -0.496 e. The first-order valence-corrected chi connectivity index (χ1v) is 13.6. The molecule has 0 spiro atoms. The van der Waals surface area contributed by atoms with E-state index in [1.54, 1.807) is 6.07 Å². The predicted molar refractivity (Wildman–Crippen MR) is 146 cm³/mol. The first-order valence-electron chi connectivity index (χ1n) is 13.6. The molecule has 8 nitrogen and oxygen atoms in total. The Balaban J connectivity index is 1.63. The molecule has 3 rings (SSSR count). The summed E-state index contributed by atoms with van der Waals surface area (Å²) in [5, 5.41) is 0.521. The normalized spacial score (nSPS) is 12.8. The van der Waals surface area contributed by atoms with Crippen LogP contribution in [0.25, 0.3) is 22.3 Å². The molecule has 0 atom stereocenters. The molecule has 0 radical (unpaired) electrons. The monoisotopic (exact) mass is 670 g/mol. The maximum atomic E-state index is 14.1. The van der Waals surface area contributed by atoms with Gasteiger partial charge in [-0.25, -0.2) is 19.0 Å². The maximum absolute atomic E-state index is 14.1. The van der Waals surface area contributed by atoms with Crippen LogP contribution in [-0.2, 0) is 30.2 Å². The SMILES string of the molecule is C=C(C)C(=O)OCC(F)(F)OC(F)(F)OC(F)(F)OC(F)(F)COc1ccc2cc(-c3ccc(CCCCC)cc3OC)oc2c1. The number of aryl methyl sites for hydroxylation is 1. The van der Waals surface area contributed by atoms with E-state index in [2.05, 4.69) is 32.5 Å². The number of ether oxygens (including phenoxy) is 6. The lowest BCUT2D eigenvalue weighted by molar-refractivity contribution is -0.574. The largest absolute Gasteiger partial charge is 0.496 e. The Bertz CT molecular complexity index is 1510. The molecular weight excluding hydrogens is 640 g/mol. The number of esters is 1. The van der Waals surface area contributed by atoms with Crippen LogP contribution in [0.4, 0.5) is 35.1 Å². The molecule has 46 heavy (non-hydrogen) atoms. The molecule has 2 aromatic carbocycles. The first kappa shape index (κ1) is 36.6. The second-order valence-electron chi connectivity index (χ2n) is 9.95. The molecule has 0 aliphatic carbocycles. The molecule has 0 aliphatic heterocycles. The molecule has 0 unspecified atom stereocenters. The van der Waals surface area contributed by atoms with Gasteiger partial charge in [-0.1, -0.05) is 32.4 Å². The molecule has 1 heterocycles. The van der Waals surface area contributed by atoms with Gasteiger partial charge in [-0.3, -0.25) is 0 Å². The number of alkyl halides is 8. The fourth-order valence-electron chi connectivity index (χ4n) is 3.93. The van der Waals surface area contributed by atoms with Crippen LogP contribution in [0.15, 0.2) is 59.0 Å². The van der Waals surface area contributed by atoms with E-state index in [1.807, 2.05) is 18.2 Å². The minimum absolute atomic E-state index is 0.158. The van der Waals surface area contributed by atoms with Crippen LogP contribution in [0, 0.1) is 0 Å². The van der Waals surface area contributed by atoms with E-state index in [9.17, 15) is 39.9 Å². The molecule has 254 valence electrons. The fourth-order valence-corrected chi connectivity index (χ4v) is 3.93. The lowest BCUT2D eigenvalue weighted by atomic mass is 10.0. The number of halogens is 8. The first-order chi connectivity index (χ1) is 21.3. The van der Waals surface area contributed by atoms with Gasteiger partial charge >= 0.3 is 30.8 Å². The zero-order valence-corrected chi connectivity index (χ0v) is 24.8. The zero-order chi connectivity index (χ0) is 34.3. The Morgan fingerprint density at radius 1 is 0.848 bits per heavy atom. The van der Waals surface area contributed by atoms with E-state index in [0.717, 1.165) is 38.2 Å². The highest BCUT2D eigenvalue weighted by atomic mass is 19.3. The van der Waals surface area contributed by atoms with Crippen LogP contribution < -0.4 is 9.47 Å². The summed E-state index contributed by atoms with van der Waals surface area (Å²) in [6, 6.07) is 11.1. The van der Waals surface area contributed by atoms with Crippen molar-refractivity contribution in [2.75, 3.05) is 20.3 Å². The van der Waals surface area contributed by atoms with Crippen LogP contribution in [0.3, 0.4) is 0 Å².